The molecular weight excluding hydrogens is 428 g/mol. The number of hydrogen-bond acceptors (Lipinski definition) is 7. The van der Waals surface area contributed by atoms with E-state index in [2.05, 4.69) is 37.9 Å². The quantitative estimate of drug-likeness (QED) is 0.249. The van der Waals surface area contributed by atoms with Gasteiger partial charge in [-0.1, -0.05) is 60.6 Å². The highest BCUT2D eigenvalue weighted by Crippen LogP contribution is 2.27. The van der Waals surface area contributed by atoms with Crippen molar-refractivity contribution in [1.82, 2.24) is 15.2 Å². The first-order valence-electron chi connectivity index (χ1n) is 8.76. The molecule has 3 aromatic rings. The molecule has 0 aliphatic carbocycles. The number of H-pyrrole nitrogens is 1. The van der Waals surface area contributed by atoms with Crippen molar-refractivity contribution in [2.75, 3.05) is 22.2 Å². The van der Waals surface area contributed by atoms with Crippen LogP contribution >= 0.6 is 35.1 Å². The van der Waals surface area contributed by atoms with Gasteiger partial charge >= 0.3 is 0 Å². The fraction of sp³-hybridized carbons (Fsp3) is 0.158. The van der Waals surface area contributed by atoms with Gasteiger partial charge in [-0.2, -0.15) is 10.1 Å². The number of anilines is 2. The van der Waals surface area contributed by atoms with Crippen LogP contribution < -0.4 is 10.7 Å². The molecule has 7 nitrogen and oxygen atoms in total. The summed E-state index contributed by atoms with van der Waals surface area (Å²) < 4.78 is 0. The van der Waals surface area contributed by atoms with Crippen LogP contribution in [0.15, 0.2) is 63.7 Å². The predicted molar refractivity (Wildman–Crippen MR) is 121 cm³/mol. The second kappa shape index (κ2) is 10.9. The lowest BCUT2D eigenvalue weighted by molar-refractivity contribution is -0.113. The molecule has 0 saturated carbocycles. The maximum Gasteiger partial charge on any atom is 0.240 e. The molecule has 0 fully saturated rings. The second-order valence-corrected chi connectivity index (χ2v) is 8.28. The fourth-order valence-electron chi connectivity index (χ4n) is 2.27. The molecule has 10 heteroatoms. The van der Waals surface area contributed by atoms with E-state index in [9.17, 15) is 4.79 Å². The number of rotatable bonds is 9. The third-order valence-corrected chi connectivity index (χ3v) is 5.68. The van der Waals surface area contributed by atoms with Crippen LogP contribution in [0, 0.1) is 0 Å². The smallest absolute Gasteiger partial charge is 0.240 e. The van der Waals surface area contributed by atoms with Crippen LogP contribution in [0.3, 0.4) is 0 Å². The standard InChI is InChI=1S/C19H19ClN6OS2/c1-2-28-16-10-6-5-9-15(16)22-17(27)12-29-19-23-18(25-26-19)24-21-11-13-7-3-4-8-14(13)20/h3-11H,2,12H2,1H3,(H,22,27)(H2,23,24,25,26)/b21-11-. The topological polar surface area (TPSA) is 95.1 Å². The van der Waals surface area contributed by atoms with Gasteiger partial charge in [0.2, 0.25) is 17.0 Å². The molecule has 150 valence electrons. The monoisotopic (exact) mass is 446 g/mol. The molecule has 1 heterocycles. The summed E-state index contributed by atoms with van der Waals surface area (Å²) in [5, 5.41) is 14.9. The maximum atomic E-state index is 12.3. The number of carbonyl (C=O) groups is 1. The summed E-state index contributed by atoms with van der Waals surface area (Å²) in [6.45, 7) is 2.08. The van der Waals surface area contributed by atoms with Crippen molar-refractivity contribution in [2.45, 2.75) is 17.0 Å². The number of hydrogen-bond donors (Lipinski definition) is 3. The maximum absolute atomic E-state index is 12.3. The van der Waals surface area contributed by atoms with E-state index < -0.39 is 0 Å². The van der Waals surface area contributed by atoms with Gasteiger partial charge in [-0.05, 0) is 24.0 Å². The Hall–Kier alpha value is -2.49. The summed E-state index contributed by atoms with van der Waals surface area (Å²) in [6.07, 6.45) is 1.59. The second-order valence-electron chi connectivity index (χ2n) is 5.62. The molecule has 0 saturated heterocycles. The van der Waals surface area contributed by atoms with Crippen LogP contribution in [0.25, 0.3) is 0 Å². The third-order valence-electron chi connectivity index (χ3n) is 3.54. The number of halogens is 1. The van der Waals surface area contributed by atoms with E-state index in [4.69, 9.17) is 11.6 Å². The average molecular weight is 447 g/mol. The Kier molecular flexibility index (Phi) is 7.97. The Morgan fingerprint density at radius 2 is 2.00 bits per heavy atom. The van der Waals surface area contributed by atoms with Crippen molar-refractivity contribution in [2.24, 2.45) is 5.10 Å². The summed E-state index contributed by atoms with van der Waals surface area (Å²) >= 11 is 8.99. The Morgan fingerprint density at radius 3 is 2.83 bits per heavy atom. The molecule has 0 aliphatic rings. The zero-order chi connectivity index (χ0) is 20.5. The molecule has 2 aromatic carbocycles. The summed E-state index contributed by atoms with van der Waals surface area (Å²) in [5.41, 5.74) is 4.36. The number of nitrogens with zero attached hydrogens (tertiary/aromatic N) is 3. The third kappa shape index (κ3) is 6.52. The van der Waals surface area contributed by atoms with Gasteiger partial charge in [-0.15, -0.1) is 16.9 Å². The molecule has 29 heavy (non-hydrogen) atoms. The van der Waals surface area contributed by atoms with E-state index in [-0.39, 0.29) is 11.7 Å². The number of nitrogens with one attached hydrogen (secondary N) is 3. The van der Waals surface area contributed by atoms with E-state index >= 15 is 0 Å². The van der Waals surface area contributed by atoms with Gasteiger partial charge in [-0.3, -0.25) is 4.79 Å². The lowest BCUT2D eigenvalue weighted by Gasteiger charge is -2.09. The fourth-order valence-corrected chi connectivity index (χ4v) is 3.81. The van der Waals surface area contributed by atoms with E-state index in [0.717, 1.165) is 21.9 Å². The van der Waals surface area contributed by atoms with Crippen LogP contribution in [0.2, 0.25) is 5.02 Å². The van der Waals surface area contributed by atoms with Gasteiger partial charge in [0.1, 0.15) is 0 Å². The molecule has 0 bridgehead atoms. The highest BCUT2D eigenvalue weighted by molar-refractivity contribution is 8.00. The SMILES string of the molecule is CCSc1ccccc1NC(=O)CSc1n[nH]c(N/N=C\c2ccccc2Cl)n1. The van der Waals surface area contributed by atoms with Crippen LogP contribution in [-0.4, -0.2) is 38.8 Å². The first kappa shape index (κ1) is 21.2. The van der Waals surface area contributed by atoms with Crippen LogP contribution in [0.4, 0.5) is 11.6 Å². The summed E-state index contributed by atoms with van der Waals surface area (Å²) in [5.74, 6) is 1.40. The average Bonchev–Trinajstić information content (AvgIpc) is 3.17. The van der Waals surface area contributed by atoms with Gasteiger partial charge in [0.05, 0.1) is 17.7 Å². The molecule has 0 spiro atoms. The Balaban J connectivity index is 1.49. The summed E-state index contributed by atoms with van der Waals surface area (Å²) in [7, 11) is 0. The van der Waals surface area contributed by atoms with Crippen molar-refractivity contribution >= 4 is 58.9 Å². The van der Waals surface area contributed by atoms with Crippen molar-refractivity contribution < 1.29 is 4.79 Å². The Labute approximate surface area is 182 Å². The summed E-state index contributed by atoms with van der Waals surface area (Å²) in [6, 6.07) is 15.1. The number of aromatic amines is 1. The number of thioether (sulfide) groups is 2. The van der Waals surface area contributed by atoms with E-state index in [1.807, 2.05) is 42.5 Å². The highest BCUT2D eigenvalue weighted by Gasteiger charge is 2.10. The lowest BCUT2D eigenvalue weighted by atomic mass is 10.2. The molecule has 0 atom stereocenters. The van der Waals surface area contributed by atoms with Gasteiger partial charge in [-0.25, -0.2) is 10.5 Å². The zero-order valence-electron chi connectivity index (χ0n) is 15.6. The number of amides is 1. The van der Waals surface area contributed by atoms with Gasteiger partial charge in [0, 0.05) is 15.5 Å². The van der Waals surface area contributed by atoms with Crippen LogP contribution in [0.1, 0.15) is 12.5 Å². The Morgan fingerprint density at radius 1 is 1.21 bits per heavy atom. The molecule has 3 N–H and O–H groups in total. The minimum atomic E-state index is -0.116. The molecule has 0 unspecified atom stereocenters. The molecule has 0 aliphatic heterocycles. The van der Waals surface area contributed by atoms with Crippen molar-refractivity contribution in [3.05, 3.63) is 59.1 Å². The number of para-hydroxylation sites is 1. The molecule has 0 radical (unpaired) electrons. The highest BCUT2D eigenvalue weighted by atomic mass is 35.5. The molecule has 1 aromatic heterocycles. The van der Waals surface area contributed by atoms with Gasteiger partial charge in [0.15, 0.2) is 0 Å². The summed E-state index contributed by atoms with van der Waals surface area (Å²) in [4.78, 5) is 17.5. The van der Waals surface area contributed by atoms with E-state index in [1.165, 1.54) is 11.8 Å². The molecule has 1 amide bonds. The van der Waals surface area contributed by atoms with Gasteiger partial charge < -0.3 is 5.32 Å². The number of benzene rings is 2. The van der Waals surface area contributed by atoms with E-state index in [1.54, 1.807) is 24.0 Å². The van der Waals surface area contributed by atoms with Crippen molar-refractivity contribution in [1.29, 1.82) is 0 Å². The Bertz CT molecular complexity index is 994. The minimum Gasteiger partial charge on any atom is -0.324 e. The predicted octanol–water partition coefficient (Wildman–Crippen LogP) is 4.75. The van der Waals surface area contributed by atoms with Crippen LogP contribution in [-0.2, 0) is 4.79 Å². The zero-order valence-corrected chi connectivity index (χ0v) is 17.9. The normalized spacial score (nSPS) is 11.0. The van der Waals surface area contributed by atoms with Crippen molar-refractivity contribution in [3.8, 4) is 0 Å². The number of carbonyl (C=O) groups excluding carboxylic acids is 1. The first-order valence-corrected chi connectivity index (χ1v) is 11.1. The van der Waals surface area contributed by atoms with E-state index in [0.29, 0.717) is 16.1 Å². The number of hydrazone groups is 1. The first-order chi connectivity index (χ1) is 14.2. The lowest BCUT2D eigenvalue weighted by Crippen LogP contribution is -2.14. The number of aromatic nitrogens is 3. The largest absolute Gasteiger partial charge is 0.324 e. The van der Waals surface area contributed by atoms with Crippen LogP contribution in [0.5, 0.6) is 0 Å². The molecule has 3 rings (SSSR count). The van der Waals surface area contributed by atoms with Crippen molar-refractivity contribution in [3.63, 3.8) is 0 Å². The minimum absolute atomic E-state index is 0.116. The molecular formula is C19H19ClN6OS2. The van der Waals surface area contributed by atoms with Gasteiger partial charge in [0.25, 0.3) is 0 Å².